The molecule has 0 bridgehead atoms. The van der Waals surface area contributed by atoms with E-state index in [4.69, 9.17) is 0 Å². The summed E-state index contributed by atoms with van der Waals surface area (Å²) in [5.74, 6) is -1.19. The first-order valence-electron chi connectivity index (χ1n) is 4.38. The number of phenolic OH excluding ortho intramolecular Hbond substituents is 1. The lowest BCUT2D eigenvalue weighted by molar-refractivity contribution is 0.104. The number of hydrogen-bond acceptors (Lipinski definition) is 3. The quantitative estimate of drug-likeness (QED) is 0.609. The lowest BCUT2D eigenvalue weighted by Gasteiger charge is -2.04. The van der Waals surface area contributed by atoms with Gasteiger partial charge < -0.3 is 10.0 Å². The maximum atomic E-state index is 12.8. The van der Waals surface area contributed by atoms with Crippen LogP contribution < -0.4 is 0 Å². The molecule has 0 heterocycles. The van der Waals surface area contributed by atoms with Gasteiger partial charge >= 0.3 is 0 Å². The average molecular weight is 209 g/mol. The second-order valence-electron chi connectivity index (χ2n) is 3.31. The van der Waals surface area contributed by atoms with E-state index < -0.39 is 11.6 Å². The number of carbonyl (C=O) groups is 1. The average Bonchev–Trinajstić information content (AvgIpc) is 2.18. The molecule has 4 heteroatoms. The van der Waals surface area contributed by atoms with Gasteiger partial charge in [-0.1, -0.05) is 0 Å². The van der Waals surface area contributed by atoms with E-state index in [-0.39, 0.29) is 11.3 Å². The van der Waals surface area contributed by atoms with Crippen LogP contribution >= 0.6 is 0 Å². The highest BCUT2D eigenvalue weighted by Gasteiger charge is 2.09. The van der Waals surface area contributed by atoms with Gasteiger partial charge in [0.2, 0.25) is 0 Å². The van der Waals surface area contributed by atoms with Gasteiger partial charge in [0.05, 0.1) is 5.56 Å². The first-order valence-corrected chi connectivity index (χ1v) is 4.38. The van der Waals surface area contributed by atoms with Crippen molar-refractivity contribution in [1.82, 2.24) is 4.90 Å². The van der Waals surface area contributed by atoms with Gasteiger partial charge in [-0.2, -0.15) is 0 Å². The van der Waals surface area contributed by atoms with Gasteiger partial charge in [0, 0.05) is 26.4 Å². The van der Waals surface area contributed by atoms with Crippen LogP contribution in [0, 0.1) is 5.82 Å². The minimum absolute atomic E-state index is 0.0342. The third kappa shape index (κ3) is 3.09. The summed E-state index contributed by atoms with van der Waals surface area (Å²) in [6.07, 6.45) is 2.81. The smallest absolute Gasteiger partial charge is 0.191 e. The van der Waals surface area contributed by atoms with Crippen molar-refractivity contribution in [2.45, 2.75) is 0 Å². The third-order valence-electron chi connectivity index (χ3n) is 1.75. The highest BCUT2D eigenvalue weighted by Crippen LogP contribution is 2.18. The van der Waals surface area contributed by atoms with Crippen molar-refractivity contribution in [2.75, 3.05) is 14.1 Å². The Labute approximate surface area is 87.4 Å². The molecule has 0 atom stereocenters. The summed E-state index contributed by atoms with van der Waals surface area (Å²) in [7, 11) is 3.52. The molecular formula is C11H12FNO2. The number of carbonyl (C=O) groups excluding carboxylic acids is 1. The summed E-state index contributed by atoms with van der Waals surface area (Å²) in [6.45, 7) is 0. The first-order chi connectivity index (χ1) is 7.00. The molecule has 0 radical (unpaired) electrons. The van der Waals surface area contributed by atoms with E-state index in [2.05, 4.69) is 0 Å². The fourth-order valence-corrected chi connectivity index (χ4v) is 1.01. The number of ketones is 1. The molecule has 0 aliphatic carbocycles. The van der Waals surface area contributed by atoms with Gasteiger partial charge in [-0.3, -0.25) is 4.79 Å². The highest BCUT2D eigenvalue weighted by molar-refractivity contribution is 6.06. The van der Waals surface area contributed by atoms with E-state index in [0.717, 1.165) is 18.2 Å². The molecule has 0 unspecified atom stereocenters. The Kier molecular flexibility index (Phi) is 3.44. The number of phenols is 1. The first kappa shape index (κ1) is 11.2. The van der Waals surface area contributed by atoms with Crippen LogP contribution in [0.15, 0.2) is 30.5 Å². The van der Waals surface area contributed by atoms with E-state index in [0.29, 0.717) is 0 Å². The summed E-state index contributed by atoms with van der Waals surface area (Å²) in [4.78, 5) is 13.2. The van der Waals surface area contributed by atoms with E-state index >= 15 is 0 Å². The molecule has 0 saturated heterocycles. The largest absolute Gasteiger partial charge is 0.507 e. The van der Waals surface area contributed by atoms with Gasteiger partial charge in [0.15, 0.2) is 5.78 Å². The van der Waals surface area contributed by atoms with Crippen LogP contribution in [-0.4, -0.2) is 29.9 Å². The van der Waals surface area contributed by atoms with Crippen LogP contribution in [0.4, 0.5) is 4.39 Å². The van der Waals surface area contributed by atoms with Crippen molar-refractivity contribution < 1.29 is 14.3 Å². The van der Waals surface area contributed by atoms with Gasteiger partial charge in [0.1, 0.15) is 11.6 Å². The molecule has 1 rings (SSSR count). The van der Waals surface area contributed by atoms with Crippen molar-refractivity contribution in [3.63, 3.8) is 0 Å². The molecule has 1 aromatic rings. The maximum Gasteiger partial charge on any atom is 0.191 e. The standard InChI is InChI=1S/C11H12FNO2/c1-13(2)6-5-11(15)9-7-8(12)3-4-10(9)14/h3-7,14H,1-2H3. The molecule has 15 heavy (non-hydrogen) atoms. The minimum atomic E-state index is -0.547. The Morgan fingerprint density at radius 2 is 2.13 bits per heavy atom. The highest BCUT2D eigenvalue weighted by atomic mass is 19.1. The molecule has 0 aliphatic heterocycles. The Balaban J connectivity index is 2.96. The van der Waals surface area contributed by atoms with Crippen molar-refractivity contribution in [3.8, 4) is 5.75 Å². The van der Waals surface area contributed by atoms with E-state index in [9.17, 15) is 14.3 Å². The van der Waals surface area contributed by atoms with Crippen LogP contribution in [0.1, 0.15) is 10.4 Å². The van der Waals surface area contributed by atoms with Crippen LogP contribution in [0.5, 0.6) is 5.75 Å². The molecule has 0 aromatic heterocycles. The zero-order chi connectivity index (χ0) is 11.4. The summed E-state index contributed by atoms with van der Waals surface area (Å²) < 4.78 is 12.8. The van der Waals surface area contributed by atoms with Gasteiger partial charge in [0.25, 0.3) is 0 Å². The topological polar surface area (TPSA) is 40.5 Å². The van der Waals surface area contributed by atoms with Crippen molar-refractivity contribution >= 4 is 5.78 Å². The summed E-state index contributed by atoms with van der Waals surface area (Å²) in [5, 5.41) is 9.34. The Morgan fingerprint density at radius 1 is 1.47 bits per heavy atom. The summed E-state index contributed by atoms with van der Waals surface area (Å²) in [6, 6.07) is 3.27. The molecule has 0 aliphatic rings. The summed E-state index contributed by atoms with van der Waals surface area (Å²) in [5.41, 5.74) is -0.0342. The summed E-state index contributed by atoms with van der Waals surface area (Å²) >= 11 is 0. The lowest BCUT2D eigenvalue weighted by atomic mass is 10.1. The second kappa shape index (κ2) is 4.59. The number of benzene rings is 1. The second-order valence-corrected chi connectivity index (χ2v) is 3.31. The predicted molar refractivity (Wildman–Crippen MR) is 55.2 cm³/mol. The third-order valence-corrected chi connectivity index (χ3v) is 1.75. The van der Waals surface area contributed by atoms with E-state index in [1.54, 1.807) is 19.0 Å². The van der Waals surface area contributed by atoms with Gasteiger partial charge in [-0.15, -0.1) is 0 Å². The molecule has 1 aromatic carbocycles. The number of rotatable bonds is 3. The molecule has 0 amide bonds. The van der Waals surface area contributed by atoms with Crippen LogP contribution in [-0.2, 0) is 0 Å². The molecule has 3 nitrogen and oxygen atoms in total. The molecule has 1 N–H and O–H groups in total. The molecule has 80 valence electrons. The molecule has 0 fully saturated rings. The van der Waals surface area contributed by atoms with Gasteiger partial charge in [-0.05, 0) is 18.2 Å². The Hall–Kier alpha value is -1.84. The zero-order valence-electron chi connectivity index (χ0n) is 8.57. The number of nitrogens with zero attached hydrogens (tertiary/aromatic N) is 1. The normalized spacial score (nSPS) is 10.6. The monoisotopic (exact) mass is 209 g/mol. The fourth-order valence-electron chi connectivity index (χ4n) is 1.01. The lowest BCUT2D eigenvalue weighted by Crippen LogP contribution is -2.03. The van der Waals surface area contributed by atoms with Crippen molar-refractivity contribution in [1.29, 1.82) is 0 Å². The molecule has 0 spiro atoms. The fraction of sp³-hybridized carbons (Fsp3) is 0.182. The minimum Gasteiger partial charge on any atom is -0.507 e. The van der Waals surface area contributed by atoms with E-state index in [1.165, 1.54) is 12.3 Å². The number of allylic oxidation sites excluding steroid dienone is 1. The maximum absolute atomic E-state index is 12.8. The van der Waals surface area contributed by atoms with E-state index in [1.807, 2.05) is 0 Å². The Morgan fingerprint density at radius 3 is 2.73 bits per heavy atom. The van der Waals surface area contributed by atoms with Crippen molar-refractivity contribution in [2.24, 2.45) is 0 Å². The number of aromatic hydroxyl groups is 1. The SMILES string of the molecule is CN(C)C=CC(=O)c1cc(F)ccc1O. The Bertz CT molecular complexity index is 400. The van der Waals surface area contributed by atoms with Crippen LogP contribution in [0.2, 0.25) is 0 Å². The van der Waals surface area contributed by atoms with Gasteiger partial charge in [-0.25, -0.2) is 4.39 Å². The molecule has 0 saturated carbocycles. The zero-order valence-corrected chi connectivity index (χ0v) is 8.57. The number of hydrogen-bond donors (Lipinski definition) is 1. The predicted octanol–water partition coefficient (Wildman–Crippen LogP) is 1.79. The number of halogens is 1. The van der Waals surface area contributed by atoms with Crippen molar-refractivity contribution in [3.05, 3.63) is 41.9 Å². The van der Waals surface area contributed by atoms with Crippen LogP contribution in [0.25, 0.3) is 0 Å². The van der Waals surface area contributed by atoms with Crippen LogP contribution in [0.3, 0.4) is 0 Å². The molecular weight excluding hydrogens is 197 g/mol.